The minimum Gasteiger partial charge on any atom is -0.497 e. The molecular formula is C17H24N2O4. The van der Waals surface area contributed by atoms with E-state index in [0.717, 1.165) is 17.7 Å². The topological polar surface area (TPSA) is 78.9 Å². The van der Waals surface area contributed by atoms with Crippen molar-refractivity contribution in [3.05, 3.63) is 29.8 Å². The number of amides is 2. The van der Waals surface area contributed by atoms with Crippen LogP contribution in [0.25, 0.3) is 0 Å². The molecule has 1 aromatic rings. The third kappa shape index (κ3) is 4.96. The van der Waals surface area contributed by atoms with Crippen molar-refractivity contribution in [2.24, 2.45) is 5.92 Å². The van der Waals surface area contributed by atoms with Crippen LogP contribution in [0, 0.1) is 5.92 Å². The number of aliphatic hydroxyl groups excluding tert-OH is 1. The second kappa shape index (κ2) is 8.53. The Labute approximate surface area is 136 Å². The maximum Gasteiger partial charge on any atom is 0.224 e. The molecule has 0 saturated carbocycles. The second-order valence-electron chi connectivity index (χ2n) is 5.69. The standard InChI is InChI=1S/C17H24N2O4/c1-23-15-5-2-13(3-6-15)8-10-19-12-14(4-7-16(19)21)17(22)18-9-11-20/h2-3,5-6,14,20H,4,7-12H2,1H3,(H,18,22)/t14-/m0/s1. The van der Waals surface area contributed by atoms with Crippen LogP contribution in [-0.4, -0.2) is 55.2 Å². The Bertz CT molecular complexity index is 530. The molecule has 1 aromatic carbocycles. The van der Waals surface area contributed by atoms with E-state index in [1.807, 2.05) is 24.3 Å². The molecule has 1 heterocycles. The van der Waals surface area contributed by atoms with Gasteiger partial charge in [-0.25, -0.2) is 0 Å². The van der Waals surface area contributed by atoms with Gasteiger partial charge in [-0.05, 0) is 30.5 Å². The molecule has 1 fully saturated rings. The van der Waals surface area contributed by atoms with Gasteiger partial charge in [-0.15, -0.1) is 0 Å². The van der Waals surface area contributed by atoms with Gasteiger partial charge in [0.1, 0.15) is 5.75 Å². The highest BCUT2D eigenvalue weighted by Crippen LogP contribution is 2.19. The Morgan fingerprint density at radius 3 is 2.78 bits per heavy atom. The zero-order chi connectivity index (χ0) is 16.7. The molecule has 1 atom stereocenters. The molecule has 0 aromatic heterocycles. The lowest BCUT2D eigenvalue weighted by atomic mass is 9.96. The number of ether oxygens (including phenoxy) is 1. The molecule has 2 amide bonds. The van der Waals surface area contributed by atoms with Crippen molar-refractivity contribution in [3.8, 4) is 5.75 Å². The number of likely N-dealkylation sites (tertiary alicyclic amines) is 1. The van der Waals surface area contributed by atoms with Crippen molar-refractivity contribution in [2.75, 3.05) is 33.4 Å². The Kier molecular flexibility index (Phi) is 6.40. The Morgan fingerprint density at radius 2 is 2.13 bits per heavy atom. The predicted octanol–water partition coefficient (Wildman–Crippen LogP) is 0.585. The maximum atomic E-state index is 12.0. The summed E-state index contributed by atoms with van der Waals surface area (Å²) < 4.78 is 5.13. The summed E-state index contributed by atoms with van der Waals surface area (Å²) in [6, 6.07) is 7.77. The Morgan fingerprint density at radius 1 is 1.39 bits per heavy atom. The molecule has 6 nitrogen and oxygen atoms in total. The summed E-state index contributed by atoms with van der Waals surface area (Å²) in [6.07, 6.45) is 1.73. The number of nitrogens with zero attached hydrogens (tertiary/aromatic N) is 1. The average Bonchev–Trinajstić information content (AvgIpc) is 2.59. The van der Waals surface area contributed by atoms with Gasteiger partial charge < -0.3 is 20.1 Å². The van der Waals surface area contributed by atoms with Gasteiger partial charge in [0.2, 0.25) is 11.8 Å². The van der Waals surface area contributed by atoms with Crippen molar-refractivity contribution >= 4 is 11.8 Å². The second-order valence-corrected chi connectivity index (χ2v) is 5.69. The molecule has 0 aliphatic carbocycles. The molecule has 6 heteroatoms. The summed E-state index contributed by atoms with van der Waals surface area (Å²) in [5, 5.41) is 11.5. The van der Waals surface area contributed by atoms with E-state index in [4.69, 9.17) is 9.84 Å². The van der Waals surface area contributed by atoms with Gasteiger partial charge in [0.05, 0.1) is 19.6 Å². The van der Waals surface area contributed by atoms with Crippen LogP contribution < -0.4 is 10.1 Å². The van der Waals surface area contributed by atoms with Crippen LogP contribution in [0.3, 0.4) is 0 Å². The Hall–Kier alpha value is -2.08. The third-order valence-electron chi connectivity index (χ3n) is 4.11. The maximum absolute atomic E-state index is 12.0. The molecule has 2 rings (SSSR count). The molecular weight excluding hydrogens is 296 g/mol. The SMILES string of the molecule is COc1ccc(CCN2C[C@@H](C(=O)NCCO)CCC2=O)cc1. The van der Waals surface area contributed by atoms with E-state index in [1.165, 1.54) is 0 Å². The van der Waals surface area contributed by atoms with E-state index in [-0.39, 0.29) is 30.9 Å². The molecule has 23 heavy (non-hydrogen) atoms. The molecule has 1 aliphatic heterocycles. The largest absolute Gasteiger partial charge is 0.497 e. The molecule has 1 aliphatic rings. The molecule has 2 N–H and O–H groups in total. The lowest BCUT2D eigenvalue weighted by molar-refractivity contribution is -0.138. The molecule has 0 unspecified atom stereocenters. The number of benzene rings is 1. The van der Waals surface area contributed by atoms with Crippen molar-refractivity contribution in [1.82, 2.24) is 10.2 Å². The first kappa shape index (κ1) is 17.3. The van der Waals surface area contributed by atoms with Gasteiger partial charge in [-0.3, -0.25) is 9.59 Å². The predicted molar refractivity (Wildman–Crippen MR) is 86.1 cm³/mol. The van der Waals surface area contributed by atoms with Gasteiger partial charge in [0.25, 0.3) is 0 Å². The van der Waals surface area contributed by atoms with Gasteiger partial charge in [0.15, 0.2) is 0 Å². The highest BCUT2D eigenvalue weighted by molar-refractivity contribution is 5.83. The van der Waals surface area contributed by atoms with E-state index < -0.39 is 0 Å². The van der Waals surface area contributed by atoms with Crippen LogP contribution in [0.4, 0.5) is 0 Å². The van der Waals surface area contributed by atoms with E-state index >= 15 is 0 Å². The Balaban J connectivity index is 1.87. The van der Waals surface area contributed by atoms with Crippen LogP contribution >= 0.6 is 0 Å². The normalized spacial score (nSPS) is 17.9. The quantitative estimate of drug-likeness (QED) is 0.770. The van der Waals surface area contributed by atoms with Crippen molar-refractivity contribution in [2.45, 2.75) is 19.3 Å². The van der Waals surface area contributed by atoms with Crippen molar-refractivity contribution < 1.29 is 19.4 Å². The molecule has 0 bridgehead atoms. The zero-order valence-corrected chi connectivity index (χ0v) is 13.5. The molecule has 0 spiro atoms. The summed E-state index contributed by atoms with van der Waals surface area (Å²) in [4.78, 5) is 25.8. The van der Waals surface area contributed by atoms with Gasteiger partial charge in [-0.2, -0.15) is 0 Å². The fraction of sp³-hybridized carbons (Fsp3) is 0.529. The number of hydrogen-bond acceptors (Lipinski definition) is 4. The number of methoxy groups -OCH3 is 1. The third-order valence-corrected chi connectivity index (χ3v) is 4.11. The summed E-state index contributed by atoms with van der Waals surface area (Å²) in [7, 11) is 1.63. The summed E-state index contributed by atoms with van der Waals surface area (Å²) in [5.74, 6) is 0.643. The van der Waals surface area contributed by atoms with Crippen LogP contribution in [0.15, 0.2) is 24.3 Å². The van der Waals surface area contributed by atoms with Crippen LogP contribution in [0.5, 0.6) is 5.75 Å². The number of nitrogens with one attached hydrogen (secondary N) is 1. The summed E-state index contributed by atoms with van der Waals surface area (Å²) in [5.41, 5.74) is 1.13. The number of rotatable bonds is 7. The van der Waals surface area contributed by atoms with E-state index in [9.17, 15) is 9.59 Å². The van der Waals surface area contributed by atoms with Crippen LogP contribution in [0.1, 0.15) is 18.4 Å². The number of aliphatic hydroxyl groups is 1. The first-order chi connectivity index (χ1) is 11.1. The van der Waals surface area contributed by atoms with Crippen molar-refractivity contribution in [1.29, 1.82) is 0 Å². The van der Waals surface area contributed by atoms with E-state index in [1.54, 1.807) is 12.0 Å². The number of carbonyl (C=O) groups is 2. The van der Waals surface area contributed by atoms with Crippen LogP contribution in [0.2, 0.25) is 0 Å². The summed E-state index contributed by atoms with van der Waals surface area (Å²) >= 11 is 0. The fourth-order valence-corrected chi connectivity index (χ4v) is 2.72. The number of hydrogen-bond donors (Lipinski definition) is 2. The highest BCUT2D eigenvalue weighted by Gasteiger charge is 2.29. The zero-order valence-electron chi connectivity index (χ0n) is 13.5. The highest BCUT2D eigenvalue weighted by atomic mass is 16.5. The average molecular weight is 320 g/mol. The van der Waals surface area contributed by atoms with Crippen molar-refractivity contribution in [3.63, 3.8) is 0 Å². The van der Waals surface area contributed by atoms with Gasteiger partial charge in [0, 0.05) is 26.1 Å². The minimum atomic E-state index is -0.185. The fourth-order valence-electron chi connectivity index (χ4n) is 2.72. The molecule has 1 saturated heterocycles. The number of carbonyl (C=O) groups excluding carboxylic acids is 2. The summed E-state index contributed by atoms with van der Waals surface area (Å²) in [6.45, 7) is 1.24. The van der Waals surface area contributed by atoms with Crippen LogP contribution in [-0.2, 0) is 16.0 Å². The number of piperidine rings is 1. The first-order valence-corrected chi connectivity index (χ1v) is 7.93. The lowest BCUT2D eigenvalue weighted by Crippen LogP contribution is -2.46. The monoisotopic (exact) mass is 320 g/mol. The lowest BCUT2D eigenvalue weighted by Gasteiger charge is -2.32. The van der Waals surface area contributed by atoms with Gasteiger partial charge in [-0.1, -0.05) is 12.1 Å². The smallest absolute Gasteiger partial charge is 0.224 e. The minimum absolute atomic E-state index is 0.0709. The molecule has 126 valence electrons. The molecule has 0 radical (unpaired) electrons. The van der Waals surface area contributed by atoms with Gasteiger partial charge >= 0.3 is 0 Å². The van der Waals surface area contributed by atoms with E-state index in [2.05, 4.69) is 5.32 Å². The van der Waals surface area contributed by atoms with E-state index in [0.29, 0.717) is 25.9 Å². The first-order valence-electron chi connectivity index (χ1n) is 7.93.